The van der Waals surface area contributed by atoms with Crippen molar-refractivity contribution in [2.75, 3.05) is 36.6 Å². The van der Waals surface area contributed by atoms with Crippen molar-refractivity contribution in [3.05, 3.63) is 47.0 Å². The SMILES string of the molecule is COc1ccc(N(CC(=O)Nc2c(C)cc(C)cc2C)S(C)(=O)=O)c(OC)c1. The molecule has 0 spiro atoms. The number of rotatable bonds is 7. The molecule has 2 aromatic carbocycles. The fraction of sp³-hybridized carbons (Fsp3) is 0.350. The highest BCUT2D eigenvalue weighted by Gasteiger charge is 2.25. The second-order valence-corrected chi connectivity index (χ2v) is 8.54. The molecule has 0 saturated carbocycles. The number of benzene rings is 2. The molecule has 0 bridgehead atoms. The summed E-state index contributed by atoms with van der Waals surface area (Å²) in [7, 11) is -0.802. The minimum Gasteiger partial charge on any atom is -0.497 e. The Hall–Kier alpha value is -2.74. The van der Waals surface area contributed by atoms with Crippen LogP contribution < -0.4 is 19.1 Å². The molecule has 0 radical (unpaired) electrons. The van der Waals surface area contributed by atoms with Crippen LogP contribution in [0.3, 0.4) is 0 Å². The highest BCUT2D eigenvalue weighted by molar-refractivity contribution is 7.92. The lowest BCUT2D eigenvalue weighted by molar-refractivity contribution is -0.114. The highest BCUT2D eigenvalue weighted by Crippen LogP contribution is 2.33. The second-order valence-electron chi connectivity index (χ2n) is 6.63. The van der Waals surface area contributed by atoms with Gasteiger partial charge in [0.25, 0.3) is 0 Å². The van der Waals surface area contributed by atoms with Crippen LogP contribution in [0, 0.1) is 20.8 Å². The molecule has 2 rings (SSSR count). The third kappa shape index (κ3) is 4.95. The van der Waals surface area contributed by atoms with Crippen LogP contribution in [0.15, 0.2) is 30.3 Å². The number of aryl methyl sites for hydroxylation is 3. The maximum absolute atomic E-state index is 12.7. The number of sulfonamides is 1. The van der Waals surface area contributed by atoms with Gasteiger partial charge in [-0.3, -0.25) is 9.10 Å². The summed E-state index contributed by atoms with van der Waals surface area (Å²) < 4.78 is 36.2. The number of methoxy groups -OCH3 is 2. The first-order valence-electron chi connectivity index (χ1n) is 8.64. The molecule has 0 fully saturated rings. The minimum absolute atomic E-state index is 0.262. The first kappa shape index (κ1) is 21.6. The maximum atomic E-state index is 12.7. The van der Waals surface area contributed by atoms with Crippen LogP contribution in [-0.2, 0) is 14.8 Å². The Morgan fingerprint density at radius 3 is 2.14 bits per heavy atom. The van der Waals surface area contributed by atoms with Gasteiger partial charge in [-0.15, -0.1) is 0 Å². The molecule has 0 aliphatic heterocycles. The molecular formula is C20H26N2O5S. The molecule has 0 atom stereocenters. The smallest absolute Gasteiger partial charge is 0.245 e. The monoisotopic (exact) mass is 406 g/mol. The summed E-state index contributed by atoms with van der Waals surface area (Å²) in [5.41, 5.74) is 3.87. The van der Waals surface area contributed by atoms with Gasteiger partial charge in [-0.2, -0.15) is 0 Å². The molecule has 152 valence electrons. The Balaban J connectivity index is 2.35. The zero-order chi connectivity index (χ0) is 21.1. The minimum atomic E-state index is -3.73. The van der Waals surface area contributed by atoms with E-state index in [1.54, 1.807) is 18.2 Å². The third-order valence-corrected chi connectivity index (χ3v) is 5.41. The van der Waals surface area contributed by atoms with E-state index in [1.165, 1.54) is 14.2 Å². The molecule has 28 heavy (non-hydrogen) atoms. The quantitative estimate of drug-likeness (QED) is 0.764. The normalized spacial score (nSPS) is 11.1. The summed E-state index contributed by atoms with van der Waals surface area (Å²) in [6.45, 7) is 5.40. The molecule has 0 heterocycles. The Morgan fingerprint density at radius 1 is 1.04 bits per heavy atom. The van der Waals surface area contributed by atoms with Crippen LogP contribution in [-0.4, -0.2) is 41.3 Å². The van der Waals surface area contributed by atoms with Crippen LogP contribution in [0.5, 0.6) is 11.5 Å². The predicted molar refractivity (Wildman–Crippen MR) is 111 cm³/mol. The second kappa shape index (κ2) is 8.52. The molecular weight excluding hydrogens is 380 g/mol. The molecule has 7 nitrogen and oxygen atoms in total. The van der Waals surface area contributed by atoms with Crippen LogP contribution in [0.2, 0.25) is 0 Å². The van der Waals surface area contributed by atoms with Gasteiger partial charge in [-0.25, -0.2) is 8.42 Å². The van der Waals surface area contributed by atoms with Crippen molar-refractivity contribution < 1.29 is 22.7 Å². The molecule has 0 saturated heterocycles. The first-order valence-corrected chi connectivity index (χ1v) is 10.5. The summed E-state index contributed by atoms with van der Waals surface area (Å²) >= 11 is 0. The fourth-order valence-electron chi connectivity index (χ4n) is 3.06. The number of ether oxygens (including phenoxy) is 2. The van der Waals surface area contributed by atoms with E-state index in [0.717, 1.165) is 27.3 Å². The first-order chi connectivity index (χ1) is 13.1. The number of amides is 1. The average Bonchev–Trinajstić information content (AvgIpc) is 2.61. The zero-order valence-corrected chi connectivity index (χ0v) is 17.8. The summed E-state index contributed by atoms with van der Waals surface area (Å²) in [6, 6.07) is 8.66. The zero-order valence-electron chi connectivity index (χ0n) is 17.0. The summed E-state index contributed by atoms with van der Waals surface area (Å²) in [6.07, 6.45) is 1.05. The Morgan fingerprint density at radius 2 is 1.64 bits per heavy atom. The van der Waals surface area contributed by atoms with Gasteiger partial charge in [0.1, 0.15) is 18.0 Å². The van der Waals surface area contributed by atoms with Gasteiger partial charge >= 0.3 is 0 Å². The number of anilines is 2. The van der Waals surface area contributed by atoms with E-state index in [1.807, 2.05) is 32.9 Å². The van der Waals surface area contributed by atoms with Crippen molar-refractivity contribution in [3.8, 4) is 11.5 Å². The van der Waals surface area contributed by atoms with E-state index >= 15 is 0 Å². The van der Waals surface area contributed by atoms with Crippen LogP contribution in [0.4, 0.5) is 11.4 Å². The number of nitrogens with zero attached hydrogens (tertiary/aromatic N) is 1. The van der Waals surface area contributed by atoms with Crippen LogP contribution in [0.25, 0.3) is 0 Å². The Labute approximate surface area is 166 Å². The van der Waals surface area contributed by atoms with E-state index in [9.17, 15) is 13.2 Å². The number of carbonyl (C=O) groups excluding carboxylic acids is 1. The molecule has 1 amide bonds. The lowest BCUT2D eigenvalue weighted by atomic mass is 10.1. The average molecular weight is 407 g/mol. The van der Waals surface area contributed by atoms with Gasteiger partial charge in [-0.1, -0.05) is 17.7 Å². The summed E-state index contributed by atoms with van der Waals surface area (Å²) in [5, 5.41) is 2.83. The van der Waals surface area contributed by atoms with Gasteiger partial charge in [-0.05, 0) is 44.0 Å². The standard InChI is InChI=1S/C20H26N2O5S/c1-13-9-14(2)20(15(3)10-13)21-19(23)12-22(28(6,24)25)17-8-7-16(26-4)11-18(17)27-5/h7-11H,12H2,1-6H3,(H,21,23). The molecule has 0 aliphatic rings. The molecule has 2 aromatic rings. The van der Waals surface area contributed by atoms with Gasteiger partial charge in [0.2, 0.25) is 15.9 Å². The van der Waals surface area contributed by atoms with E-state index in [4.69, 9.17) is 9.47 Å². The highest BCUT2D eigenvalue weighted by atomic mass is 32.2. The number of hydrogen-bond acceptors (Lipinski definition) is 5. The van der Waals surface area contributed by atoms with Crippen LogP contribution >= 0.6 is 0 Å². The van der Waals surface area contributed by atoms with Gasteiger partial charge < -0.3 is 14.8 Å². The van der Waals surface area contributed by atoms with E-state index in [-0.39, 0.29) is 12.2 Å². The third-order valence-electron chi connectivity index (χ3n) is 4.28. The van der Waals surface area contributed by atoms with Crippen molar-refractivity contribution in [2.45, 2.75) is 20.8 Å². The van der Waals surface area contributed by atoms with Crippen molar-refractivity contribution in [1.29, 1.82) is 0 Å². The molecule has 1 N–H and O–H groups in total. The summed E-state index contributed by atoms with van der Waals surface area (Å²) in [5.74, 6) is 0.364. The number of hydrogen-bond donors (Lipinski definition) is 1. The van der Waals surface area contributed by atoms with Crippen molar-refractivity contribution >= 4 is 27.3 Å². The Kier molecular flexibility index (Phi) is 6.56. The number of nitrogens with one attached hydrogen (secondary N) is 1. The van der Waals surface area contributed by atoms with E-state index in [0.29, 0.717) is 17.2 Å². The fourth-order valence-corrected chi connectivity index (χ4v) is 3.92. The molecule has 8 heteroatoms. The van der Waals surface area contributed by atoms with Crippen molar-refractivity contribution in [3.63, 3.8) is 0 Å². The molecule has 0 aromatic heterocycles. The van der Waals surface area contributed by atoms with Gasteiger partial charge in [0, 0.05) is 11.8 Å². The van der Waals surface area contributed by atoms with Crippen LogP contribution in [0.1, 0.15) is 16.7 Å². The maximum Gasteiger partial charge on any atom is 0.245 e. The lowest BCUT2D eigenvalue weighted by Crippen LogP contribution is -2.37. The predicted octanol–water partition coefficient (Wildman–Crippen LogP) is 3.03. The lowest BCUT2D eigenvalue weighted by Gasteiger charge is -2.24. The summed E-state index contributed by atoms with van der Waals surface area (Å²) in [4.78, 5) is 12.7. The van der Waals surface area contributed by atoms with Gasteiger partial charge in [0.05, 0.1) is 26.2 Å². The van der Waals surface area contributed by atoms with Crippen molar-refractivity contribution in [1.82, 2.24) is 0 Å². The van der Waals surface area contributed by atoms with E-state index < -0.39 is 15.9 Å². The van der Waals surface area contributed by atoms with Gasteiger partial charge in [0.15, 0.2) is 0 Å². The topological polar surface area (TPSA) is 84.9 Å². The Bertz CT molecular complexity index is 963. The molecule has 0 unspecified atom stereocenters. The van der Waals surface area contributed by atoms with E-state index in [2.05, 4.69) is 5.32 Å². The number of carbonyl (C=O) groups is 1. The van der Waals surface area contributed by atoms with Crippen molar-refractivity contribution in [2.24, 2.45) is 0 Å². The largest absolute Gasteiger partial charge is 0.497 e. The molecule has 0 aliphatic carbocycles.